The number of carbonyl (C=O) groups is 2. The number of thioether (sulfide) groups is 1. The van der Waals surface area contributed by atoms with Gasteiger partial charge in [0.1, 0.15) is 11.9 Å². The summed E-state index contributed by atoms with van der Waals surface area (Å²) in [4.78, 5) is 27.2. The normalized spacial score (nSPS) is 11.8. The molecule has 0 heterocycles. The Morgan fingerprint density at radius 1 is 1.10 bits per heavy atom. The molecule has 0 aromatic heterocycles. The summed E-state index contributed by atoms with van der Waals surface area (Å²) >= 11 is 13.6. The largest absolute Gasteiger partial charge is 0.355 e. The van der Waals surface area contributed by atoms with Crippen molar-refractivity contribution < 1.29 is 14.0 Å². The first-order valence-electron chi connectivity index (χ1n) is 9.70. The topological polar surface area (TPSA) is 49.4 Å². The summed E-state index contributed by atoms with van der Waals surface area (Å²) in [5.41, 5.74) is 1.13. The highest BCUT2D eigenvalue weighted by molar-refractivity contribution is 7.99. The first-order valence-corrected chi connectivity index (χ1v) is 11.6. The minimum absolute atomic E-state index is 0.0883. The molecule has 0 aliphatic rings. The molecule has 2 aromatic rings. The Morgan fingerprint density at radius 3 is 2.43 bits per heavy atom. The number of nitrogens with zero attached hydrogens (tertiary/aromatic N) is 1. The van der Waals surface area contributed by atoms with Gasteiger partial charge >= 0.3 is 0 Å². The molecule has 0 saturated heterocycles. The zero-order valence-corrected chi connectivity index (χ0v) is 19.3. The fourth-order valence-electron chi connectivity index (χ4n) is 3.02. The maximum atomic E-state index is 14.0. The number of hydrogen-bond acceptors (Lipinski definition) is 3. The molecule has 4 nitrogen and oxygen atoms in total. The fourth-order valence-corrected chi connectivity index (χ4v) is 4.46. The molecule has 8 heteroatoms. The van der Waals surface area contributed by atoms with Crippen LogP contribution in [0, 0.1) is 5.82 Å². The molecule has 0 aliphatic carbocycles. The van der Waals surface area contributed by atoms with Gasteiger partial charge in [0.05, 0.1) is 5.75 Å². The minimum Gasteiger partial charge on any atom is -0.355 e. The molecule has 1 atom stereocenters. The van der Waals surface area contributed by atoms with Crippen LogP contribution in [0.25, 0.3) is 0 Å². The van der Waals surface area contributed by atoms with Gasteiger partial charge in [-0.2, -0.15) is 0 Å². The number of nitrogens with one attached hydrogen (secondary N) is 1. The van der Waals surface area contributed by atoms with E-state index in [9.17, 15) is 14.0 Å². The van der Waals surface area contributed by atoms with Crippen molar-refractivity contribution >= 4 is 46.8 Å². The van der Waals surface area contributed by atoms with Crippen molar-refractivity contribution in [1.29, 1.82) is 0 Å². The van der Waals surface area contributed by atoms with Gasteiger partial charge in [-0.25, -0.2) is 4.39 Å². The third-order valence-corrected chi connectivity index (χ3v) is 6.24. The number of hydrogen-bond donors (Lipinski definition) is 1. The summed E-state index contributed by atoms with van der Waals surface area (Å²) < 4.78 is 14.0. The zero-order chi connectivity index (χ0) is 22.1. The van der Waals surface area contributed by atoms with Crippen molar-refractivity contribution in [2.24, 2.45) is 0 Å². The van der Waals surface area contributed by atoms with Crippen molar-refractivity contribution in [2.75, 3.05) is 12.3 Å². The second kappa shape index (κ2) is 12.2. The summed E-state index contributed by atoms with van der Waals surface area (Å²) in [6.45, 7) is 4.39. The van der Waals surface area contributed by atoms with Crippen molar-refractivity contribution in [3.8, 4) is 0 Å². The molecule has 2 rings (SSSR count). The Bertz CT molecular complexity index is 862. The van der Waals surface area contributed by atoms with Gasteiger partial charge in [-0.3, -0.25) is 9.59 Å². The van der Waals surface area contributed by atoms with E-state index < -0.39 is 11.9 Å². The molecule has 2 amide bonds. The van der Waals surface area contributed by atoms with Gasteiger partial charge in [0.2, 0.25) is 11.8 Å². The van der Waals surface area contributed by atoms with Gasteiger partial charge in [0.15, 0.2) is 0 Å². The highest BCUT2D eigenvalue weighted by Gasteiger charge is 2.28. The van der Waals surface area contributed by atoms with E-state index in [-0.39, 0.29) is 29.9 Å². The summed E-state index contributed by atoms with van der Waals surface area (Å²) in [6.07, 6.45) is 0.464. The third kappa shape index (κ3) is 6.62. The van der Waals surface area contributed by atoms with Crippen LogP contribution in [0.4, 0.5) is 4.39 Å². The molecule has 162 valence electrons. The number of benzene rings is 2. The van der Waals surface area contributed by atoms with Crippen molar-refractivity contribution in [2.45, 2.75) is 38.6 Å². The Balaban J connectivity index is 2.16. The van der Waals surface area contributed by atoms with Gasteiger partial charge in [-0.15, -0.1) is 11.8 Å². The van der Waals surface area contributed by atoms with E-state index in [1.54, 1.807) is 23.1 Å². The highest BCUT2D eigenvalue weighted by Crippen LogP contribution is 2.25. The van der Waals surface area contributed by atoms with Gasteiger partial charge in [0, 0.05) is 34.5 Å². The van der Waals surface area contributed by atoms with Gasteiger partial charge in [-0.05, 0) is 37.1 Å². The maximum Gasteiger partial charge on any atom is 0.242 e. The van der Waals surface area contributed by atoms with Gasteiger partial charge < -0.3 is 10.2 Å². The number of rotatable bonds is 10. The van der Waals surface area contributed by atoms with Crippen LogP contribution in [-0.4, -0.2) is 35.1 Å². The van der Waals surface area contributed by atoms with Crippen LogP contribution in [0.1, 0.15) is 31.4 Å². The predicted molar refractivity (Wildman–Crippen MR) is 122 cm³/mol. The van der Waals surface area contributed by atoms with Crippen molar-refractivity contribution in [1.82, 2.24) is 10.2 Å². The van der Waals surface area contributed by atoms with Crippen molar-refractivity contribution in [3.05, 3.63) is 69.5 Å². The minimum atomic E-state index is -0.619. The Kier molecular flexibility index (Phi) is 9.95. The summed E-state index contributed by atoms with van der Waals surface area (Å²) in [5.74, 6) is -0.475. The van der Waals surface area contributed by atoms with Gasteiger partial charge in [0.25, 0.3) is 0 Å². The Morgan fingerprint density at radius 2 is 1.80 bits per heavy atom. The maximum absolute atomic E-state index is 14.0. The fraction of sp³-hybridized carbons (Fsp3) is 0.364. The quantitative estimate of drug-likeness (QED) is 0.511. The van der Waals surface area contributed by atoms with Crippen LogP contribution in [0.5, 0.6) is 0 Å². The lowest BCUT2D eigenvalue weighted by atomic mass is 10.1. The lowest BCUT2D eigenvalue weighted by Gasteiger charge is -2.30. The second-order valence-corrected chi connectivity index (χ2v) is 8.42. The molecule has 0 radical (unpaired) electrons. The van der Waals surface area contributed by atoms with E-state index in [2.05, 4.69) is 5.32 Å². The predicted octanol–water partition coefficient (Wildman–Crippen LogP) is 5.31. The molecule has 0 spiro atoms. The van der Waals surface area contributed by atoms with Gasteiger partial charge in [-0.1, -0.05) is 54.4 Å². The molecule has 0 fully saturated rings. The van der Waals surface area contributed by atoms with E-state index in [0.29, 0.717) is 28.6 Å². The molecule has 0 unspecified atom stereocenters. The second-order valence-electron chi connectivity index (χ2n) is 6.62. The Hall–Kier alpha value is -1.76. The monoisotopic (exact) mass is 470 g/mol. The SMILES string of the molecule is CCNC(=O)[C@H](CC)N(Cc1ccccc1Cl)C(=O)CSCc1c(F)cccc1Cl. The van der Waals surface area contributed by atoms with Crippen LogP contribution < -0.4 is 5.32 Å². The molecule has 2 aromatic carbocycles. The standard InChI is InChI=1S/C22H25Cl2FN2O2S/c1-3-20(22(29)26-4-2)27(12-15-8-5-6-9-17(15)23)21(28)14-30-13-16-18(24)10-7-11-19(16)25/h5-11,20H,3-4,12-14H2,1-2H3,(H,26,29)/t20-/m0/s1. The summed E-state index contributed by atoms with van der Waals surface area (Å²) in [7, 11) is 0. The molecule has 30 heavy (non-hydrogen) atoms. The van der Waals surface area contributed by atoms with Crippen LogP contribution in [0.2, 0.25) is 10.0 Å². The number of carbonyl (C=O) groups excluding carboxylic acids is 2. The summed E-state index contributed by atoms with van der Waals surface area (Å²) in [5, 5.41) is 3.65. The molecular weight excluding hydrogens is 446 g/mol. The van der Waals surface area contributed by atoms with Crippen LogP contribution >= 0.6 is 35.0 Å². The smallest absolute Gasteiger partial charge is 0.242 e. The van der Waals surface area contributed by atoms with E-state index in [1.807, 2.05) is 32.0 Å². The molecule has 1 N–H and O–H groups in total. The molecule has 0 saturated carbocycles. The molecule has 0 aliphatic heterocycles. The number of likely N-dealkylation sites (N-methyl/N-ethyl adjacent to an activating group) is 1. The van der Waals surface area contributed by atoms with E-state index in [0.717, 1.165) is 5.56 Å². The molecular formula is C22H25Cl2FN2O2S. The van der Waals surface area contributed by atoms with Crippen molar-refractivity contribution in [3.63, 3.8) is 0 Å². The van der Waals surface area contributed by atoms with E-state index >= 15 is 0 Å². The number of amides is 2. The number of halogens is 3. The Labute approximate surface area is 191 Å². The average molecular weight is 471 g/mol. The van der Waals surface area contributed by atoms with E-state index in [1.165, 1.54) is 17.8 Å². The van der Waals surface area contributed by atoms with Crippen LogP contribution in [0.3, 0.4) is 0 Å². The third-order valence-electron chi connectivity index (χ3n) is 4.57. The first-order chi connectivity index (χ1) is 14.4. The highest BCUT2D eigenvalue weighted by atomic mass is 35.5. The molecule has 0 bridgehead atoms. The average Bonchev–Trinajstić information content (AvgIpc) is 2.71. The zero-order valence-electron chi connectivity index (χ0n) is 17.0. The van der Waals surface area contributed by atoms with Crippen LogP contribution in [0.15, 0.2) is 42.5 Å². The summed E-state index contributed by atoms with van der Waals surface area (Å²) in [6, 6.07) is 11.1. The lowest BCUT2D eigenvalue weighted by molar-refractivity contribution is -0.139. The lowest BCUT2D eigenvalue weighted by Crippen LogP contribution is -2.49. The van der Waals surface area contributed by atoms with Crippen LogP contribution in [-0.2, 0) is 21.9 Å². The van der Waals surface area contributed by atoms with E-state index in [4.69, 9.17) is 23.2 Å². The first kappa shape index (κ1) is 24.5.